The minimum atomic E-state index is -0.0744. The van der Waals surface area contributed by atoms with Crippen molar-refractivity contribution in [2.75, 3.05) is 26.9 Å². The van der Waals surface area contributed by atoms with Gasteiger partial charge in [0.2, 0.25) is 5.91 Å². The van der Waals surface area contributed by atoms with Gasteiger partial charge in [0.25, 0.3) is 0 Å². The summed E-state index contributed by atoms with van der Waals surface area (Å²) in [7, 11) is 1.66. The highest BCUT2D eigenvalue weighted by molar-refractivity contribution is 9.13. The monoisotopic (exact) mass is 459 g/mol. The van der Waals surface area contributed by atoms with E-state index in [4.69, 9.17) is 9.47 Å². The molecule has 2 atom stereocenters. The highest BCUT2D eigenvalue weighted by atomic mass is 79.9. The summed E-state index contributed by atoms with van der Waals surface area (Å²) in [6, 6.07) is 3.89. The van der Waals surface area contributed by atoms with Gasteiger partial charge < -0.3 is 9.47 Å². The Hall–Kier alpha value is -1.12. The lowest BCUT2D eigenvalue weighted by atomic mass is 9.96. The highest BCUT2D eigenvalue weighted by Crippen LogP contribution is 2.41. The molecule has 2 aliphatic rings. The number of hydrazine groups is 1. The Labute approximate surface area is 157 Å². The minimum absolute atomic E-state index is 0.0418. The molecule has 1 aromatic carbocycles. The van der Waals surface area contributed by atoms with Crippen molar-refractivity contribution < 1.29 is 14.3 Å². The molecule has 1 saturated heterocycles. The number of hydrogen-bond donors (Lipinski definition) is 2. The maximum Gasteiger partial charge on any atom is 0.243 e. The highest BCUT2D eigenvalue weighted by Gasteiger charge is 2.28. The minimum Gasteiger partial charge on any atom is -0.496 e. The third-order valence-corrected chi connectivity index (χ3v) is 6.34. The van der Waals surface area contributed by atoms with Crippen LogP contribution in [0.4, 0.5) is 0 Å². The van der Waals surface area contributed by atoms with Gasteiger partial charge in [0, 0.05) is 40.0 Å². The molecule has 2 aliphatic heterocycles. The summed E-state index contributed by atoms with van der Waals surface area (Å²) in [5, 5.41) is 0. The molecule has 0 aliphatic carbocycles. The molecule has 1 fully saturated rings. The van der Waals surface area contributed by atoms with Gasteiger partial charge >= 0.3 is 0 Å². The average molecular weight is 461 g/mol. The number of ether oxygens (including phenoxy) is 2. The standard InChI is InChI=1S/C16H19Br2N3O3/c1-23-12-3-2-11(17)15(18)14(12)10-6-13(19-7-10)20-21-16(22)9-4-5-24-8-9/h2-3,9-10H,4-8H2,1H3,(H,19,20)(H,21,22)/t9-,10?/m1/s1. The molecule has 0 aromatic heterocycles. The summed E-state index contributed by atoms with van der Waals surface area (Å²) in [6.07, 6.45) is 1.48. The molecule has 24 heavy (non-hydrogen) atoms. The number of benzene rings is 1. The zero-order chi connectivity index (χ0) is 17.1. The number of amidine groups is 1. The number of halogens is 2. The van der Waals surface area contributed by atoms with Crippen molar-refractivity contribution in [3.8, 4) is 5.75 Å². The number of methoxy groups -OCH3 is 1. The van der Waals surface area contributed by atoms with Crippen molar-refractivity contribution in [2.24, 2.45) is 10.9 Å². The molecule has 0 radical (unpaired) electrons. The van der Waals surface area contributed by atoms with Gasteiger partial charge in [0.15, 0.2) is 0 Å². The molecule has 6 nitrogen and oxygen atoms in total. The second-order valence-electron chi connectivity index (χ2n) is 5.84. The lowest BCUT2D eigenvalue weighted by Gasteiger charge is -2.17. The molecule has 130 valence electrons. The zero-order valence-electron chi connectivity index (χ0n) is 13.3. The molecule has 1 amide bonds. The van der Waals surface area contributed by atoms with Gasteiger partial charge in [-0.1, -0.05) is 0 Å². The van der Waals surface area contributed by atoms with Crippen molar-refractivity contribution in [2.45, 2.75) is 18.8 Å². The number of carbonyl (C=O) groups is 1. The van der Waals surface area contributed by atoms with E-state index in [0.717, 1.165) is 32.5 Å². The third-order valence-electron chi connectivity index (χ3n) is 4.29. The second kappa shape index (κ2) is 7.84. The fourth-order valence-corrected chi connectivity index (χ4v) is 3.95. The summed E-state index contributed by atoms with van der Waals surface area (Å²) >= 11 is 7.16. The Bertz CT molecular complexity index is 660. The van der Waals surface area contributed by atoms with E-state index in [2.05, 4.69) is 47.7 Å². The quantitative estimate of drug-likeness (QED) is 0.680. The van der Waals surface area contributed by atoms with E-state index in [9.17, 15) is 4.79 Å². The third kappa shape index (κ3) is 3.75. The van der Waals surface area contributed by atoms with Gasteiger partial charge in [-0.25, -0.2) is 0 Å². The fourth-order valence-electron chi connectivity index (χ4n) is 2.95. The number of nitrogens with one attached hydrogen (secondary N) is 2. The predicted molar refractivity (Wildman–Crippen MR) is 98.3 cm³/mol. The molecule has 0 saturated carbocycles. The van der Waals surface area contributed by atoms with Crippen LogP contribution in [0.3, 0.4) is 0 Å². The van der Waals surface area contributed by atoms with Crippen LogP contribution in [0.2, 0.25) is 0 Å². The van der Waals surface area contributed by atoms with Crippen LogP contribution in [-0.4, -0.2) is 38.6 Å². The fraction of sp³-hybridized carbons (Fsp3) is 0.500. The maximum atomic E-state index is 12.0. The smallest absolute Gasteiger partial charge is 0.243 e. The SMILES string of the molecule is COc1ccc(Br)c(Br)c1C1CN=C(NNC(=O)[C@@H]2CCOC2)C1. The second-order valence-corrected chi connectivity index (χ2v) is 7.49. The van der Waals surface area contributed by atoms with Gasteiger partial charge in [-0.05, 0) is 50.4 Å². The Kier molecular flexibility index (Phi) is 5.78. The van der Waals surface area contributed by atoms with Crippen LogP contribution in [0.1, 0.15) is 24.3 Å². The first-order valence-electron chi connectivity index (χ1n) is 7.79. The van der Waals surface area contributed by atoms with Gasteiger partial charge in [-0.2, -0.15) is 0 Å². The van der Waals surface area contributed by atoms with Crippen molar-refractivity contribution in [3.63, 3.8) is 0 Å². The number of nitrogens with zero attached hydrogens (tertiary/aromatic N) is 1. The summed E-state index contributed by atoms with van der Waals surface area (Å²) in [4.78, 5) is 16.5. The van der Waals surface area contributed by atoms with E-state index >= 15 is 0 Å². The molecular weight excluding hydrogens is 442 g/mol. The van der Waals surface area contributed by atoms with Crippen LogP contribution >= 0.6 is 31.9 Å². The molecule has 1 unspecified atom stereocenters. The topological polar surface area (TPSA) is 72.0 Å². The summed E-state index contributed by atoms with van der Waals surface area (Å²) in [6.45, 7) is 1.79. The molecular formula is C16H19Br2N3O3. The van der Waals surface area contributed by atoms with Crippen molar-refractivity contribution in [1.82, 2.24) is 10.9 Å². The molecule has 1 aromatic rings. The summed E-state index contributed by atoms with van der Waals surface area (Å²) in [5.41, 5.74) is 6.78. The molecule has 2 heterocycles. The van der Waals surface area contributed by atoms with E-state index in [-0.39, 0.29) is 17.7 Å². The van der Waals surface area contributed by atoms with Crippen LogP contribution in [-0.2, 0) is 9.53 Å². The maximum absolute atomic E-state index is 12.0. The predicted octanol–water partition coefficient (Wildman–Crippen LogP) is 2.76. The van der Waals surface area contributed by atoms with Crippen molar-refractivity contribution >= 4 is 43.6 Å². The first-order chi connectivity index (χ1) is 11.6. The molecule has 8 heteroatoms. The van der Waals surface area contributed by atoms with Crippen LogP contribution in [0, 0.1) is 5.92 Å². The normalized spacial score (nSPS) is 23.0. The van der Waals surface area contributed by atoms with Crippen LogP contribution in [0.15, 0.2) is 26.1 Å². The van der Waals surface area contributed by atoms with Crippen molar-refractivity contribution in [3.05, 3.63) is 26.6 Å². The van der Waals surface area contributed by atoms with Crippen LogP contribution in [0.25, 0.3) is 0 Å². The molecule has 0 bridgehead atoms. The number of hydrogen-bond acceptors (Lipinski definition) is 5. The Morgan fingerprint density at radius 2 is 2.25 bits per heavy atom. The van der Waals surface area contributed by atoms with Crippen LogP contribution in [0.5, 0.6) is 5.75 Å². The van der Waals surface area contributed by atoms with E-state index in [1.165, 1.54) is 0 Å². The Morgan fingerprint density at radius 1 is 1.42 bits per heavy atom. The number of rotatable bonds is 3. The van der Waals surface area contributed by atoms with E-state index in [1.54, 1.807) is 7.11 Å². The van der Waals surface area contributed by atoms with Gasteiger partial charge in [-0.3, -0.25) is 20.6 Å². The Balaban J connectivity index is 1.61. The first kappa shape index (κ1) is 17.7. The van der Waals surface area contributed by atoms with Gasteiger partial charge in [0.1, 0.15) is 11.6 Å². The number of carbonyl (C=O) groups excluding carboxylic acids is 1. The lowest BCUT2D eigenvalue weighted by Crippen LogP contribution is -2.44. The average Bonchev–Trinajstić information content (AvgIpc) is 3.26. The van der Waals surface area contributed by atoms with Crippen LogP contribution < -0.4 is 15.6 Å². The number of amides is 1. The zero-order valence-corrected chi connectivity index (χ0v) is 16.4. The molecule has 0 spiro atoms. The Morgan fingerprint density at radius 3 is 2.96 bits per heavy atom. The van der Waals surface area contributed by atoms with E-state index in [0.29, 0.717) is 26.2 Å². The van der Waals surface area contributed by atoms with E-state index in [1.807, 2.05) is 12.1 Å². The van der Waals surface area contributed by atoms with E-state index < -0.39 is 0 Å². The number of aliphatic imine (C=N–C) groups is 1. The molecule has 2 N–H and O–H groups in total. The van der Waals surface area contributed by atoms with Crippen molar-refractivity contribution in [1.29, 1.82) is 0 Å². The van der Waals surface area contributed by atoms with Gasteiger partial charge in [0.05, 0.1) is 19.6 Å². The summed E-state index contributed by atoms with van der Waals surface area (Å²) < 4.78 is 12.7. The van der Waals surface area contributed by atoms with Gasteiger partial charge in [-0.15, -0.1) is 0 Å². The largest absolute Gasteiger partial charge is 0.496 e. The lowest BCUT2D eigenvalue weighted by molar-refractivity contribution is -0.125. The summed E-state index contributed by atoms with van der Waals surface area (Å²) in [5.74, 6) is 1.69. The first-order valence-corrected chi connectivity index (χ1v) is 9.37. The molecule has 3 rings (SSSR count).